The smallest absolute Gasteiger partial charge is 0.254 e. The van der Waals surface area contributed by atoms with Gasteiger partial charge in [0.1, 0.15) is 11.3 Å². The van der Waals surface area contributed by atoms with Crippen LogP contribution in [0, 0.1) is 6.92 Å². The van der Waals surface area contributed by atoms with E-state index in [1.165, 1.54) is 0 Å². The second-order valence-corrected chi connectivity index (χ2v) is 7.83. The van der Waals surface area contributed by atoms with Crippen molar-refractivity contribution in [3.63, 3.8) is 0 Å². The van der Waals surface area contributed by atoms with Crippen LogP contribution in [0.25, 0.3) is 16.9 Å². The molecule has 1 amide bonds. The summed E-state index contributed by atoms with van der Waals surface area (Å²) in [6.45, 7) is 4.86. The summed E-state index contributed by atoms with van der Waals surface area (Å²) >= 11 is 0. The van der Waals surface area contributed by atoms with E-state index in [9.17, 15) is 4.79 Å². The van der Waals surface area contributed by atoms with E-state index >= 15 is 0 Å². The highest BCUT2D eigenvalue weighted by molar-refractivity contribution is 5.95. The van der Waals surface area contributed by atoms with Gasteiger partial charge in [0, 0.05) is 49.7 Å². The number of nitrogens with zero attached hydrogens (tertiary/aromatic N) is 6. The number of benzene rings is 2. The fourth-order valence-corrected chi connectivity index (χ4v) is 4.06. The third-order valence-electron chi connectivity index (χ3n) is 5.88. The zero-order valence-corrected chi connectivity index (χ0v) is 18.1. The van der Waals surface area contributed by atoms with Gasteiger partial charge in [-0.3, -0.25) is 4.79 Å². The molecule has 2 aromatic heterocycles. The Bertz CT molecular complexity index is 1280. The van der Waals surface area contributed by atoms with Crippen LogP contribution in [0.1, 0.15) is 15.9 Å². The van der Waals surface area contributed by atoms with E-state index in [0.717, 1.165) is 41.3 Å². The minimum Gasteiger partial charge on any atom is -0.497 e. The predicted octanol–water partition coefficient (Wildman–Crippen LogP) is 3.09. The van der Waals surface area contributed by atoms with E-state index < -0.39 is 0 Å². The Morgan fingerprint density at radius 3 is 2.66 bits per heavy atom. The number of aromatic nitrogens is 4. The zero-order chi connectivity index (χ0) is 22.1. The van der Waals surface area contributed by atoms with Gasteiger partial charge in [0.05, 0.1) is 12.8 Å². The van der Waals surface area contributed by atoms with Gasteiger partial charge in [-0.2, -0.15) is 4.68 Å². The van der Waals surface area contributed by atoms with Crippen LogP contribution in [-0.4, -0.2) is 64.1 Å². The highest BCUT2D eigenvalue weighted by Gasteiger charge is 2.23. The number of carbonyl (C=O) groups is 1. The molecule has 8 heteroatoms. The highest BCUT2D eigenvalue weighted by atomic mass is 16.5. The molecule has 0 aliphatic carbocycles. The van der Waals surface area contributed by atoms with Gasteiger partial charge in [-0.25, -0.2) is 4.98 Å². The molecule has 0 bridgehead atoms. The lowest BCUT2D eigenvalue weighted by atomic mass is 10.1. The molecule has 4 aromatic rings. The van der Waals surface area contributed by atoms with Crippen molar-refractivity contribution in [2.45, 2.75) is 6.92 Å². The molecule has 1 aliphatic heterocycles. The SMILES string of the molecule is COc1cccc(N2CCN(C(=O)c3ccc(C)c(-n4nnc5cccnc54)c3)CC2)c1. The van der Waals surface area contributed by atoms with Crippen LogP contribution in [0.15, 0.2) is 60.8 Å². The molecule has 32 heavy (non-hydrogen) atoms. The van der Waals surface area contributed by atoms with Gasteiger partial charge < -0.3 is 14.5 Å². The van der Waals surface area contributed by atoms with Crippen LogP contribution in [0.3, 0.4) is 0 Å². The second-order valence-electron chi connectivity index (χ2n) is 7.83. The van der Waals surface area contributed by atoms with Gasteiger partial charge in [-0.05, 0) is 48.9 Å². The van der Waals surface area contributed by atoms with Gasteiger partial charge >= 0.3 is 0 Å². The van der Waals surface area contributed by atoms with Crippen molar-refractivity contribution in [3.8, 4) is 11.4 Å². The van der Waals surface area contributed by atoms with Crippen molar-refractivity contribution in [2.75, 3.05) is 38.2 Å². The Kier molecular flexibility index (Phi) is 5.18. The second kappa shape index (κ2) is 8.30. The van der Waals surface area contributed by atoms with Crippen LogP contribution < -0.4 is 9.64 Å². The van der Waals surface area contributed by atoms with Gasteiger partial charge in [-0.1, -0.05) is 17.3 Å². The van der Waals surface area contributed by atoms with Crippen LogP contribution in [-0.2, 0) is 0 Å². The summed E-state index contributed by atoms with van der Waals surface area (Å²) in [5.41, 5.74) is 4.96. The summed E-state index contributed by atoms with van der Waals surface area (Å²) in [7, 11) is 1.67. The van der Waals surface area contributed by atoms with Crippen molar-refractivity contribution in [3.05, 3.63) is 71.9 Å². The van der Waals surface area contributed by atoms with E-state index in [-0.39, 0.29) is 5.91 Å². The fraction of sp³-hybridized carbons (Fsp3) is 0.250. The molecule has 0 saturated carbocycles. The molecule has 0 radical (unpaired) electrons. The molecule has 0 atom stereocenters. The van der Waals surface area contributed by atoms with Crippen LogP contribution in [0.2, 0.25) is 0 Å². The molecule has 0 unspecified atom stereocenters. The summed E-state index contributed by atoms with van der Waals surface area (Å²) in [6, 6.07) is 17.4. The Morgan fingerprint density at radius 2 is 1.84 bits per heavy atom. The standard InChI is InChI=1S/C24H24N6O2/c1-17-8-9-18(15-22(17)30-23-21(26-27-30)7-4-10-25-23)24(31)29-13-11-28(12-14-29)19-5-3-6-20(16-19)32-2/h3-10,15-16H,11-14H2,1-2H3. The number of ether oxygens (including phenoxy) is 1. The lowest BCUT2D eigenvalue weighted by molar-refractivity contribution is 0.0746. The van der Waals surface area contributed by atoms with Crippen LogP contribution in [0.5, 0.6) is 5.75 Å². The Labute approximate surface area is 186 Å². The van der Waals surface area contributed by atoms with Gasteiger partial charge in [-0.15, -0.1) is 5.10 Å². The molecule has 5 rings (SSSR count). The summed E-state index contributed by atoms with van der Waals surface area (Å²) in [4.78, 5) is 21.9. The number of pyridine rings is 1. The lowest BCUT2D eigenvalue weighted by Gasteiger charge is -2.36. The fourth-order valence-electron chi connectivity index (χ4n) is 4.06. The largest absolute Gasteiger partial charge is 0.497 e. The van der Waals surface area contributed by atoms with Gasteiger partial charge in [0.15, 0.2) is 5.65 Å². The quantitative estimate of drug-likeness (QED) is 0.497. The number of fused-ring (bicyclic) bond motifs is 1. The number of piperazine rings is 1. The molecule has 0 N–H and O–H groups in total. The highest BCUT2D eigenvalue weighted by Crippen LogP contribution is 2.24. The third kappa shape index (κ3) is 3.64. The number of hydrogen-bond donors (Lipinski definition) is 0. The predicted molar refractivity (Wildman–Crippen MR) is 123 cm³/mol. The zero-order valence-electron chi connectivity index (χ0n) is 18.1. The van der Waals surface area contributed by atoms with E-state index in [0.29, 0.717) is 24.3 Å². The van der Waals surface area contributed by atoms with Crippen LogP contribution in [0.4, 0.5) is 5.69 Å². The normalized spacial score (nSPS) is 14.1. The third-order valence-corrected chi connectivity index (χ3v) is 5.88. The van der Waals surface area contributed by atoms with E-state index in [1.807, 2.05) is 60.4 Å². The van der Waals surface area contributed by atoms with Gasteiger partial charge in [0.2, 0.25) is 0 Å². The molecular weight excluding hydrogens is 404 g/mol. The minimum absolute atomic E-state index is 0.0222. The molecule has 2 aromatic carbocycles. The van der Waals surface area contributed by atoms with Crippen molar-refractivity contribution in [1.82, 2.24) is 24.9 Å². The number of anilines is 1. The summed E-state index contributed by atoms with van der Waals surface area (Å²) in [5.74, 6) is 0.859. The van der Waals surface area contributed by atoms with Crippen molar-refractivity contribution in [2.24, 2.45) is 0 Å². The average Bonchev–Trinajstić information content (AvgIpc) is 3.28. The maximum Gasteiger partial charge on any atom is 0.254 e. The lowest BCUT2D eigenvalue weighted by Crippen LogP contribution is -2.48. The van der Waals surface area contributed by atoms with Crippen molar-refractivity contribution < 1.29 is 9.53 Å². The number of rotatable bonds is 4. The molecule has 1 fully saturated rings. The number of aryl methyl sites for hydroxylation is 1. The van der Waals surface area contributed by atoms with Crippen LogP contribution >= 0.6 is 0 Å². The van der Waals surface area contributed by atoms with E-state index in [2.05, 4.69) is 26.3 Å². The number of methoxy groups -OCH3 is 1. The summed E-state index contributed by atoms with van der Waals surface area (Å²) < 4.78 is 7.03. The van der Waals surface area contributed by atoms with Crippen molar-refractivity contribution >= 4 is 22.8 Å². The first kappa shape index (κ1) is 20.0. The molecular formula is C24H24N6O2. The number of carbonyl (C=O) groups excluding carboxylic acids is 1. The van der Waals surface area contributed by atoms with E-state index in [1.54, 1.807) is 18.0 Å². The molecule has 3 heterocycles. The minimum atomic E-state index is 0.0222. The Morgan fingerprint density at radius 1 is 1.00 bits per heavy atom. The monoisotopic (exact) mass is 428 g/mol. The summed E-state index contributed by atoms with van der Waals surface area (Å²) in [6.07, 6.45) is 1.72. The summed E-state index contributed by atoms with van der Waals surface area (Å²) in [5, 5.41) is 8.45. The maximum atomic E-state index is 13.3. The first-order valence-electron chi connectivity index (χ1n) is 10.6. The molecule has 8 nitrogen and oxygen atoms in total. The molecule has 1 saturated heterocycles. The average molecular weight is 428 g/mol. The topological polar surface area (TPSA) is 76.4 Å². The first-order valence-corrected chi connectivity index (χ1v) is 10.6. The Balaban J connectivity index is 1.35. The molecule has 1 aliphatic rings. The van der Waals surface area contributed by atoms with Gasteiger partial charge in [0.25, 0.3) is 5.91 Å². The number of amides is 1. The molecule has 0 spiro atoms. The first-order chi connectivity index (χ1) is 15.6. The maximum absolute atomic E-state index is 13.3. The molecule has 162 valence electrons. The Hall–Kier alpha value is -3.94. The van der Waals surface area contributed by atoms with Crippen molar-refractivity contribution in [1.29, 1.82) is 0 Å². The van der Waals surface area contributed by atoms with E-state index in [4.69, 9.17) is 4.74 Å². The number of hydrogen-bond acceptors (Lipinski definition) is 6.